The van der Waals surface area contributed by atoms with Gasteiger partial charge in [-0.15, -0.1) is 0 Å². The predicted molar refractivity (Wildman–Crippen MR) is 87.1 cm³/mol. The van der Waals surface area contributed by atoms with Crippen molar-refractivity contribution < 1.29 is 29.2 Å². The minimum absolute atomic E-state index is 0.0803. The number of ether oxygens (including phenoxy) is 3. The molecule has 0 spiro atoms. The van der Waals surface area contributed by atoms with E-state index in [1.807, 2.05) is 6.92 Å². The Balaban J connectivity index is 2.05. The van der Waals surface area contributed by atoms with Gasteiger partial charge in [-0.2, -0.15) is 0 Å². The number of amides is 1. The second-order valence-corrected chi connectivity index (χ2v) is 5.62. The Kier molecular flexibility index (Phi) is 6.99. The Morgan fingerprint density at radius 1 is 1.25 bits per heavy atom. The molecule has 7 heteroatoms. The molecule has 1 aromatic carbocycles. The molecule has 1 saturated heterocycles. The monoisotopic (exact) mass is 339 g/mol. The highest BCUT2D eigenvalue weighted by Crippen LogP contribution is 2.19. The van der Waals surface area contributed by atoms with Crippen LogP contribution < -0.4 is 4.74 Å². The third kappa shape index (κ3) is 4.45. The molecule has 0 radical (unpaired) electrons. The van der Waals surface area contributed by atoms with Gasteiger partial charge in [0.25, 0.3) is 5.91 Å². The van der Waals surface area contributed by atoms with Crippen molar-refractivity contribution >= 4 is 5.91 Å². The Hall–Kier alpha value is -1.67. The highest BCUT2D eigenvalue weighted by atomic mass is 16.5. The lowest BCUT2D eigenvalue weighted by atomic mass is 10.0. The van der Waals surface area contributed by atoms with Gasteiger partial charge in [-0.05, 0) is 31.2 Å². The van der Waals surface area contributed by atoms with E-state index in [0.29, 0.717) is 31.1 Å². The van der Waals surface area contributed by atoms with Crippen LogP contribution in [0.3, 0.4) is 0 Å². The summed E-state index contributed by atoms with van der Waals surface area (Å²) in [4.78, 5) is 14.2. The van der Waals surface area contributed by atoms with Gasteiger partial charge in [0, 0.05) is 19.2 Å². The first kappa shape index (κ1) is 18.7. The van der Waals surface area contributed by atoms with E-state index in [2.05, 4.69) is 0 Å². The molecule has 2 N–H and O–H groups in total. The summed E-state index contributed by atoms with van der Waals surface area (Å²) >= 11 is 0. The zero-order chi connectivity index (χ0) is 17.5. The number of hydrogen-bond donors (Lipinski definition) is 2. The summed E-state index contributed by atoms with van der Waals surface area (Å²) in [5.74, 6) is 0.436. The number of methoxy groups -OCH3 is 1. The van der Waals surface area contributed by atoms with Gasteiger partial charge in [-0.1, -0.05) is 0 Å². The molecule has 0 unspecified atom stereocenters. The van der Waals surface area contributed by atoms with Crippen LogP contribution >= 0.6 is 0 Å². The van der Waals surface area contributed by atoms with Crippen molar-refractivity contribution in [2.75, 3.05) is 40.1 Å². The van der Waals surface area contributed by atoms with Crippen LogP contribution in [0.5, 0.6) is 5.75 Å². The third-order valence-electron chi connectivity index (χ3n) is 4.03. The van der Waals surface area contributed by atoms with E-state index in [1.165, 1.54) is 4.90 Å². The average Bonchev–Trinajstić information content (AvgIpc) is 2.60. The molecule has 1 aliphatic rings. The largest absolute Gasteiger partial charge is 0.491 e. The van der Waals surface area contributed by atoms with Gasteiger partial charge < -0.3 is 29.3 Å². The zero-order valence-electron chi connectivity index (χ0n) is 14.1. The maximum Gasteiger partial charge on any atom is 0.254 e. The van der Waals surface area contributed by atoms with Gasteiger partial charge in [0.15, 0.2) is 0 Å². The standard InChI is InChI=1S/C17H25NO6/c1-3-18(14-10-23-11-15(19)16(14)20)17(21)12-4-6-13(7-5-12)24-9-8-22-2/h4-7,14-16,19-20H,3,8-11H2,1-2H3/t14-,15-,16+/m1/s1. The molecule has 1 amide bonds. The quantitative estimate of drug-likeness (QED) is 0.695. The molecule has 0 aliphatic carbocycles. The van der Waals surface area contributed by atoms with Crippen LogP contribution in [0.1, 0.15) is 17.3 Å². The highest BCUT2D eigenvalue weighted by Gasteiger charge is 2.37. The van der Waals surface area contributed by atoms with E-state index < -0.39 is 18.2 Å². The maximum atomic E-state index is 12.7. The van der Waals surface area contributed by atoms with E-state index in [1.54, 1.807) is 31.4 Å². The molecule has 134 valence electrons. The van der Waals surface area contributed by atoms with Crippen molar-refractivity contribution in [2.24, 2.45) is 0 Å². The molecule has 0 aromatic heterocycles. The molecule has 7 nitrogen and oxygen atoms in total. The van der Waals surface area contributed by atoms with Crippen LogP contribution in [-0.2, 0) is 9.47 Å². The second kappa shape index (κ2) is 8.98. The van der Waals surface area contributed by atoms with E-state index >= 15 is 0 Å². The van der Waals surface area contributed by atoms with Crippen molar-refractivity contribution in [2.45, 2.75) is 25.2 Å². The summed E-state index contributed by atoms with van der Waals surface area (Å²) < 4.78 is 15.7. The van der Waals surface area contributed by atoms with Crippen molar-refractivity contribution in [1.82, 2.24) is 4.90 Å². The lowest BCUT2D eigenvalue weighted by Crippen LogP contribution is -2.57. The molecule has 1 heterocycles. The van der Waals surface area contributed by atoms with Crippen LogP contribution in [0.4, 0.5) is 0 Å². The fourth-order valence-corrected chi connectivity index (χ4v) is 2.67. The summed E-state index contributed by atoms with van der Waals surface area (Å²) in [6.07, 6.45) is -2.00. The van der Waals surface area contributed by atoms with Crippen molar-refractivity contribution in [3.05, 3.63) is 29.8 Å². The first-order chi connectivity index (χ1) is 11.6. The number of rotatable bonds is 7. The number of benzene rings is 1. The van der Waals surface area contributed by atoms with Crippen LogP contribution in [0, 0.1) is 0 Å². The van der Waals surface area contributed by atoms with Crippen LogP contribution in [0.15, 0.2) is 24.3 Å². The fourth-order valence-electron chi connectivity index (χ4n) is 2.67. The normalized spacial score (nSPS) is 23.8. The van der Waals surface area contributed by atoms with E-state index in [0.717, 1.165) is 0 Å². The first-order valence-corrected chi connectivity index (χ1v) is 8.05. The summed E-state index contributed by atoms with van der Waals surface area (Å²) in [6.45, 7) is 3.45. The van der Waals surface area contributed by atoms with E-state index in [9.17, 15) is 15.0 Å². The molecule has 1 aromatic rings. The van der Waals surface area contributed by atoms with Crippen LogP contribution in [0.25, 0.3) is 0 Å². The topological polar surface area (TPSA) is 88.5 Å². The van der Waals surface area contributed by atoms with Crippen molar-refractivity contribution in [3.63, 3.8) is 0 Å². The SMILES string of the molecule is CCN(C(=O)c1ccc(OCCOC)cc1)[C@@H]1COC[C@@H](O)[C@H]1O. The zero-order valence-corrected chi connectivity index (χ0v) is 14.1. The van der Waals surface area contributed by atoms with Gasteiger partial charge in [0.2, 0.25) is 0 Å². The van der Waals surface area contributed by atoms with Crippen LogP contribution in [0.2, 0.25) is 0 Å². The predicted octanol–water partition coefficient (Wildman–Crippen LogP) is 0.294. The van der Waals surface area contributed by atoms with E-state index in [4.69, 9.17) is 14.2 Å². The van der Waals surface area contributed by atoms with Crippen molar-refractivity contribution in [1.29, 1.82) is 0 Å². The Morgan fingerprint density at radius 3 is 2.58 bits per heavy atom. The molecular formula is C17H25NO6. The lowest BCUT2D eigenvalue weighted by molar-refractivity contribution is -0.125. The van der Waals surface area contributed by atoms with Crippen LogP contribution in [-0.4, -0.2) is 79.4 Å². The van der Waals surface area contributed by atoms with Gasteiger partial charge in [0.05, 0.1) is 25.9 Å². The molecular weight excluding hydrogens is 314 g/mol. The van der Waals surface area contributed by atoms with Gasteiger partial charge in [0.1, 0.15) is 24.6 Å². The minimum atomic E-state index is -1.01. The first-order valence-electron chi connectivity index (χ1n) is 8.05. The van der Waals surface area contributed by atoms with Gasteiger partial charge >= 0.3 is 0 Å². The molecule has 24 heavy (non-hydrogen) atoms. The summed E-state index contributed by atoms with van der Waals surface area (Å²) in [6, 6.07) is 6.24. The number of likely N-dealkylation sites (N-methyl/N-ethyl adjacent to an activating group) is 1. The molecule has 2 rings (SSSR count). The Bertz CT molecular complexity index is 520. The Labute approximate surface area is 141 Å². The smallest absolute Gasteiger partial charge is 0.254 e. The summed E-state index contributed by atoms with van der Waals surface area (Å²) in [5.41, 5.74) is 0.489. The Morgan fingerprint density at radius 2 is 1.96 bits per heavy atom. The number of aliphatic hydroxyl groups is 2. The number of carbonyl (C=O) groups is 1. The fraction of sp³-hybridized carbons (Fsp3) is 0.588. The third-order valence-corrected chi connectivity index (χ3v) is 4.03. The van der Waals surface area contributed by atoms with Gasteiger partial charge in [-0.25, -0.2) is 0 Å². The van der Waals surface area contributed by atoms with E-state index in [-0.39, 0.29) is 19.1 Å². The minimum Gasteiger partial charge on any atom is -0.491 e. The molecule has 0 bridgehead atoms. The molecule has 1 fully saturated rings. The summed E-state index contributed by atoms with van der Waals surface area (Å²) in [5, 5.41) is 19.9. The van der Waals surface area contributed by atoms with Crippen molar-refractivity contribution in [3.8, 4) is 5.75 Å². The average molecular weight is 339 g/mol. The number of aliphatic hydroxyl groups excluding tert-OH is 2. The number of hydrogen-bond acceptors (Lipinski definition) is 6. The van der Waals surface area contributed by atoms with Gasteiger partial charge in [-0.3, -0.25) is 4.79 Å². The second-order valence-electron chi connectivity index (χ2n) is 5.62. The molecule has 0 saturated carbocycles. The number of nitrogens with zero attached hydrogens (tertiary/aromatic N) is 1. The highest BCUT2D eigenvalue weighted by molar-refractivity contribution is 5.94. The lowest BCUT2D eigenvalue weighted by Gasteiger charge is -2.39. The molecule has 1 aliphatic heterocycles. The molecule has 3 atom stereocenters. The number of carbonyl (C=O) groups excluding carboxylic acids is 1. The maximum absolute atomic E-state index is 12.7. The summed E-state index contributed by atoms with van der Waals surface area (Å²) in [7, 11) is 1.60.